The van der Waals surface area contributed by atoms with E-state index in [-0.39, 0.29) is 11.7 Å². The largest absolute Gasteiger partial charge is 0.490 e. The zero-order chi connectivity index (χ0) is 24.5. The third-order valence-electron chi connectivity index (χ3n) is 5.68. The summed E-state index contributed by atoms with van der Waals surface area (Å²) in [6, 6.07) is 11.3. The minimum atomic E-state index is -0.390. The topological polar surface area (TPSA) is 38.3 Å². The predicted molar refractivity (Wildman–Crippen MR) is 134 cm³/mol. The zero-order valence-corrected chi connectivity index (χ0v) is 21.4. The minimum absolute atomic E-state index is 0.101. The SMILES string of the molecule is CC.CC.CCC(C)c1ccc2c(c1)C(C)(C)C(=O)N2.Cc1ccc(OC2CC2)cc1F. The second-order valence-corrected chi connectivity index (χ2v) is 8.42. The highest BCUT2D eigenvalue weighted by atomic mass is 19.1. The smallest absolute Gasteiger partial charge is 0.234 e. The molecule has 0 spiro atoms. The number of benzene rings is 2. The lowest BCUT2D eigenvalue weighted by Gasteiger charge is -2.17. The number of carbonyl (C=O) groups is 1. The maximum absolute atomic E-state index is 13.0. The first kappa shape index (κ1) is 27.7. The summed E-state index contributed by atoms with van der Waals surface area (Å²) >= 11 is 0. The van der Waals surface area contributed by atoms with Gasteiger partial charge in [-0.2, -0.15) is 0 Å². The van der Waals surface area contributed by atoms with Crippen LogP contribution in [0.25, 0.3) is 0 Å². The fourth-order valence-corrected chi connectivity index (χ4v) is 3.16. The molecule has 1 aliphatic carbocycles. The summed E-state index contributed by atoms with van der Waals surface area (Å²) in [5, 5.41) is 2.93. The van der Waals surface area contributed by atoms with Crippen molar-refractivity contribution in [1.29, 1.82) is 0 Å². The van der Waals surface area contributed by atoms with E-state index in [1.165, 1.54) is 11.6 Å². The number of aryl methyl sites for hydroxylation is 1. The molecule has 0 bridgehead atoms. The first-order valence-electron chi connectivity index (χ1n) is 12.1. The van der Waals surface area contributed by atoms with Crippen LogP contribution in [0.4, 0.5) is 10.1 Å². The third kappa shape index (κ3) is 7.08. The van der Waals surface area contributed by atoms with Gasteiger partial charge in [0.15, 0.2) is 0 Å². The van der Waals surface area contributed by atoms with E-state index < -0.39 is 5.41 Å². The van der Waals surface area contributed by atoms with E-state index >= 15 is 0 Å². The Morgan fingerprint density at radius 3 is 2.25 bits per heavy atom. The summed E-state index contributed by atoms with van der Waals surface area (Å²) in [6.45, 7) is 18.1. The van der Waals surface area contributed by atoms with Crippen molar-refractivity contribution < 1.29 is 13.9 Å². The third-order valence-corrected chi connectivity index (χ3v) is 5.68. The number of hydrogen-bond acceptors (Lipinski definition) is 2. The normalized spacial score (nSPS) is 16.0. The van der Waals surface area contributed by atoms with E-state index in [9.17, 15) is 9.18 Å². The highest BCUT2D eigenvalue weighted by Gasteiger charge is 2.38. The van der Waals surface area contributed by atoms with Crippen LogP contribution in [0.1, 0.15) is 97.3 Å². The monoisotopic (exact) mass is 443 g/mol. The van der Waals surface area contributed by atoms with Gasteiger partial charge in [0.2, 0.25) is 5.91 Å². The van der Waals surface area contributed by atoms with Crippen LogP contribution >= 0.6 is 0 Å². The predicted octanol–water partition coefficient (Wildman–Crippen LogP) is 8.16. The molecular weight excluding hydrogens is 401 g/mol. The minimum Gasteiger partial charge on any atom is -0.490 e. The lowest BCUT2D eigenvalue weighted by atomic mass is 9.84. The van der Waals surface area contributed by atoms with Gasteiger partial charge in [0.25, 0.3) is 0 Å². The molecule has 4 heteroatoms. The van der Waals surface area contributed by atoms with Crippen LogP contribution in [0.2, 0.25) is 0 Å². The molecular formula is C28H42FNO2. The van der Waals surface area contributed by atoms with E-state index in [1.54, 1.807) is 13.0 Å². The number of amides is 1. The van der Waals surface area contributed by atoms with Crippen molar-refractivity contribution in [2.75, 3.05) is 5.32 Å². The molecule has 178 valence electrons. The average molecular weight is 444 g/mol. The van der Waals surface area contributed by atoms with Gasteiger partial charge in [-0.1, -0.05) is 59.7 Å². The fraction of sp³-hybridized carbons (Fsp3) is 0.536. The number of halogens is 1. The van der Waals surface area contributed by atoms with E-state index in [1.807, 2.05) is 53.7 Å². The molecule has 0 aromatic heterocycles. The number of nitrogens with one attached hydrogen (secondary N) is 1. The fourth-order valence-electron chi connectivity index (χ4n) is 3.16. The van der Waals surface area contributed by atoms with E-state index in [0.717, 1.165) is 30.5 Å². The van der Waals surface area contributed by atoms with Crippen LogP contribution in [0, 0.1) is 12.7 Å². The van der Waals surface area contributed by atoms with Gasteiger partial charge in [-0.25, -0.2) is 4.39 Å². The van der Waals surface area contributed by atoms with Gasteiger partial charge in [0.1, 0.15) is 11.6 Å². The quantitative estimate of drug-likeness (QED) is 0.517. The van der Waals surface area contributed by atoms with Crippen LogP contribution in [0.15, 0.2) is 36.4 Å². The Labute approximate surface area is 194 Å². The van der Waals surface area contributed by atoms with E-state index in [0.29, 0.717) is 23.3 Å². The van der Waals surface area contributed by atoms with Gasteiger partial charge >= 0.3 is 0 Å². The summed E-state index contributed by atoms with van der Waals surface area (Å²) in [4.78, 5) is 11.8. The molecule has 1 fully saturated rings. The van der Waals surface area contributed by atoms with Crippen LogP contribution in [0.3, 0.4) is 0 Å². The molecule has 0 radical (unpaired) electrons. The molecule has 32 heavy (non-hydrogen) atoms. The lowest BCUT2D eigenvalue weighted by Crippen LogP contribution is -2.26. The number of hydrogen-bond donors (Lipinski definition) is 1. The molecule has 3 nitrogen and oxygen atoms in total. The van der Waals surface area contributed by atoms with Crippen molar-refractivity contribution in [3.63, 3.8) is 0 Å². The molecule has 1 atom stereocenters. The summed E-state index contributed by atoms with van der Waals surface area (Å²) < 4.78 is 18.4. The number of anilines is 1. The Balaban J connectivity index is 0.000000285. The second kappa shape index (κ2) is 12.6. The van der Waals surface area contributed by atoms with Gasteiger partial charge in [-0.3, -0.25) is 4.79 Å². The number of fused-ring (bicyclic) bond motifs is 1. The molecule has 2 aromatic carbocycles. The standard InChI is InChI=1S/C14H19NO.C10H11FO.2C2H6/c1-5-9(2)10-6-7-12-11(8-10)14(3,4)13(16)15-12;1-7-2-3-9(6-10(7)11)12-8-4-5-8;2*1-2/h6-9H,5H2,1-4H3,(H,15,16);2-3,6,8H,4-5H2,1H3;2*1-2H3. The van der Waals surface area contributed by atoms with Crippen LogP contribution < -0.4 is 10.1 Å². The van der Waals surface area contributed by atoms with Crippen molar-refractivity contribution in [2.45, 2.75) is 99.0 Å². The van der Waals surface area contributed by atoms with Crippen LogP contribution in [-0.4, -0.2) is 12.0 Å². The average Bonchev–Trinajstić information content (AvgIpc) is 3.59. The Morgan fingerprint density at radius 1 is 1.09 bits per heavy atom. The first-order chi connectivity index (χ1) is 15.2. The number of carbonyl (C=O) groups excluding carboxylic acids is 1. The van der Waals surface area contributed by atoms with Gasteiger partial charge in [0, 0.05) is 11.8 Å². The molecule has 1 amide bonds. The van der Waals surface area contributed by atoms with Crippen molar-refractivity contribution in [1.82, 2.24) is 0 Å². The maximum Gasteiger partial charge on any atom is 0.234 e. The summed E-state index contributed by atoms with van der Waals surface area (Å²) in [7, 11) is 0. The number of ether oxygens (including phenoxy) is 1. The van der Waals surface area contributed by atoms with Crippen molar-refractivity contribution in [3.8, 4) is 5.75 Å². The Morgan fingerprint density at radius 2 is 1.72 bits per heavy atom. The van der Waals surface area contributed by atoms with E-state index in [4.69, 9.17) is 4.74 Å². The molecule has 4 rings (SSSR count). The van der Waals surface area contributed by atoms with Crippen molar-refractivity contribution in [3.05, 3.63) is 58.9 Å². The molecule has 1 unspecified atom stereocenters. The lowest BCUT2D eigenvalue weighted by molar-refractivity contribution is -0.119. The highest BCUT2D eigenvalue weighted by Crippen LogP contribution is 2.39. The van der Waals surface area contributed by atoms with E-state index in [2.05, 4.69) is 31.3 Å². The van der Waals surface area contributed by atoms with Crippen molar-refractivity contribution >= 4 is 11.6 Å². The van der Waals surface area contributed by atoms with Gasteiger partial charge < -0.3 is 10.1 Å². The van der Waals surface area contributed by atoms with Crippen molar-refractivity contribution in [2.24, 2.45) is 0 Å². The van der Waals surface area contributed by atoms with Crippen LogP contribution in [0.5, 0.6) is 5.75 Å². The van der Waals surface area contributed by atoms with Gasteiger partial charge in [0.05, 0.1) is 11.5 Å². The molecule has 2 aliphatic rings. The second-order valence-electron chi connectivity index (χ2n) is 8.42. The summed E-state index contributed by atoms with van der Waals surface area (Å²) in [5.41, 5.74) is 3.71. The molecule has 2 aromatic rings. The Bertz CT molecular complexity index is 872. The van der Waals surface area contributed by atoms with Crippen LogP contribution in [-0.2, 0) is 10.2 Å². The number of rotatable bonds is 4. The first-order valence-corrected chi connectivity index (χ1v) is 12.1. The summed E-state index contributed by atoms with van der Waals surface area (Å²) in [6.07, 6.45) is 3.68. The molecule has 1 N–H and O–H groups in total. The van der Waals surface area contributed by atoms with Gasteiger partial charge in [-0.15, -0.1) is 0 Å². The highest BCUT2D eigenvalue weighted by molar-refractivity contribution is 6.05. The van der Waals surface area contributed by atoms with Gasteiger partial charge in [-0.05, 0) is 74.8 Å². The molecule has 1 heterocycles. The molecule has 0 saturated heterocycles. The maximum atomic E-state index is 13.0. The molecule has 1 aliphatic heterocycles. The molecule has 1 saturated carbocycles. The Hall–Kier alpha value is -2.36. The Kier molecular flexibility index (Phi) is 10.9. The summed E-state index contributed by atoms with van der Waals surface area (Å²) in [5.74, 6) is 1.12. The zero-order valence-electron chi connectivity index (χ0n) is 21.4.